The molecule has 0 aliphatic carbocycles. The Kier molecular flexibility index (Phi) is 1.83. The van der Waals surface area contributed by atoms with Gasteiger partial charge >= 0.3 is 0 Å². The van der Waals surface area contributed by atoms with Gasteiger partial charge in [0.15, 0.2) is 16.7 Å². The van der Waals surface area contributed by atoms with Gasteiger partial charge in [-0.2, -0.15) is 0 Å². The van der Waals surface area contributed by atoms with E-state index in [4.69, 9.17) is 4.42 Å². The van der Waals surface area contributed by atoms with Gasteiger partial charge in [0.1, 0.15) is 0 Å². The number of fused-ring (bicyclic) bond motifs is 1. The first kappa shape index (κ1) is 8.11. The first-order valence-electron chi connectivity index (χ1n) is 4.55. The molecule has 0 N–H and O–H groups in total. The van der Waals surface area contributed by atoms with Crippen molar-refractivity contribution in [2.75, 3.05) is 5.75 Å². The van der Waals surface area contributed by atoms with E-state index in [0.717, 1.165) is 29.0 Å². The molecule has 0 spiro atoms. The summed E-state index contributed by atoms with van der Waals surface area (Å²) in [6.45, 7) is 0.991. The third-order valence-electron chi connectivity index (χ3n) is 2.22. The second-order valence-electron chi connectivity index (χ2n) is 3.14. The van der Waals surface area contributed by atoms with Crippen LogP contribution in [0.3, 0.4) is 0 Å². The van der Waals surface area contributed by atoms with Gasteiger partial charge in [0.25, 0.3) is 0 Å². The fourth-order valence-corrected chi connectivity index (χ4v) is 2.46. The van der Waals surface area contributed by atoms with E-state index >= 15 is 0 Å². The summed E-state index contributed by atoms with van der Waals surface area (Å²) < 4.78 is 7.43. The average Bonchev–Trinajstić information content (AvgIpc) is 2.85. The topological polar surface area (TPSA) is 43.9 Å². The zero-order valence-electron chi connectivity index (χ0n) is 7.51. The Morgan fingerprint density at radius 1 is 1.43 bits per heavy atom. The second-order valence-corrected chi connectivity index (χ2v) is 4.20. The van der Waals surface area contributed by atoms with Gasteiger partial charge in [-0.05, 0) is 18.6 Å². The minimum Gasteiger partial charge on any atom is -0.461 e. The zero-order chi connectivity index (χ0) is 9.38. The summed E-state index contributed by atoms with van der Waals surface area (Å²) >= 11 is 1.75. The highest BCUT2D eigenvalue weighted by Crippen LogP contribution is 2.28. The first-order chi connectivity index (χ1) is 6.95. The molecule has 0 saturated carbocycles. The van der Waals surface area contributed by atoms with Crippen molar-refractivity contribution in [3.63, 3.8) is 0 Å². The molecule has 0 aromatic carbocycles. The molecule has 1 aliphatic rings. The molecule has 0 amide bonds. The van der Waals surface area contributed by atoms with E-state index in [9.17, 15) is 0 Å². The van der Waals surface area contributed by atoms with Gasteiger partial charge in [0.05, 0.1) is 6.26 Å². The van der Waals surface area contributed by atoms with Crippen molar-refractivity contribution in [2.24, 2.45) is 0 Å². The van der Waals surface area contributed by atoms with E-state index in [0.29, 0.717) is 0 Å². The maximum Gasteiger partial charge on any atom is 0.200 e. The smallest absolute Gasteiger partial charge is 0.200 e. The highest BCUT2D eigenvalue weighted by Gasteiger charge is 2.18. The predicted octanol–water partition coefficient (Wildman–Crippen LogP) is 2.03. The van der Waals surface area contributed by atoms with Crippen molar-refractivity contribution in [2.45, 2.75) is 18.1 Å². The van der Waals surface area contributed by atoms with E-state index in [1.54, 1.807) is 18.0 Å². The van der Waals surface area contributed by atoms with Crippen LogP contribution in [-0.2, 0) is 6.54 Å². The number of aromatic nitrogens is 3. The summed E-state index contributed by atoms with van der Waals surface area (Å²) in [5, 5.41) is 9.27. The molecule has 14 heavy (non-hydrogen) atoms. The molecule has 5 heteroatoms. The SMILES string of the molecule is c1coc(-c2nnc3n2CCCS3)c1. The number of hydrogen-bond donors (Lipinski definition) is 0. The number of hydrogen-bond acceptors (Lipinski definition) is 4. The van der Waals surface area contributed by atoms with E-state index in [2.05, 4.69) is 14.8 Å². The fraction of sp³-hybridized carbons (Fsp3) is 0.333. The van der Waals surface area contributed by atoms with Crippen LogP contribution in [0.1, 0.15) is 6.42 Å². The minimum atomic E-state index is 0.797. The highest BCUT2D eigenvalue weighted by atomic mass is 32.2. The lowest BCUT2D eigenvalue weighted by atomic mass is 10.4. The predicted molar refractivity (Wildman–Crippen MR) is 53.1 cm³/mol. The molecule has 0 bridgehead atoms. The molecule has 0 atom stereocenters. The molecular formula is C9H9N3OS. The quantitative estimate of drug-likeness (QED) is 0.717. The Hall–Kier alpha value is -1.23. The first-order valence-corrected chi connectivity index (χ1v) is 5.53. The molecule has 0 saturated heterocycles. The number of thioether (sulfide) groups is 1. The number of rotatable bonds is 1. The Bertz CT molecular complexity index is 435. The van der Waals surface area contributed by atoms with E-state index in [1.165, 1.54) is 6.42 Å². The monoisotopic (exact) mass is 207 g/mol. The molecule has 0 fully saturated rings. The molecule has 0 unspecified atom stereocenters. The summed E-state index contributed by atoms with van der Waals surface area (Å²) in [6.07, 6.45) is 2.83. The largest absolute Gasteiger partial charge is 0.461 e. The Labute approximate surface area is 85.3 Å². The van der Waals surface area contributed by atoms with Gasteiger partial charge in [-0.3, -0.25) is 4.57 Å². The van der Waals surface area contributed by atoms with E-state index < -0.39 is 0 Å². The summed E-state index contributed by atoms with van der Waals surface area (Å²) in [5.74, 6) is 2.78. The van der Waals surface area contributed by atoms with Crippen LogP contribution in [0.15, 0.2) is 28.0 Å². The summed E-state index contributed by atoms with van der Waals surface area (Å²) in [5.41, 5.74) is 0. The zero-order valence-corrected chi connectivity index (χ0v) is 8.33. The van der Waals surface area contributed by atoms with Crippen molar-refractivity contribution >= 4 is 11.8 Å². The van der Waals surface area contributed by atoms with Gasteiger partial charge in [0.2, 0.25) is 0 Å². The molecule has 2 aromatic rings. The van der Waals surface area contributed by atoms with E-state index in [-0.39, 0.29) is 0 Å². The molecule has 72 valence electrons. The Balaban J connectivity index is 2.11. The molecular weight excluding hydrogens is 198 g/mol. The third kappa shape index (κ3) is 1.16. The molecule has 2 aromatic heterocycles. The maximum atomic E-state index is 5.31. The Morgan fingerprint density at radius 3 is 3.29 bits per heavy atom. The van der Waals surface area contributed by atoms with Crippen LogP contribution in [0, 0.1) is 0 Å². The third-order valence-corrected chi connectivity index (χ3v) is 3.27. The van der Waals surface area contributed by atoms with Crippen molar-refractivity contribution in [1.29, 1.82) is 0 Å². The standard InChI is InChI=1S/C9H9N3OS/c1-3-7(13-5-1)8-10-11-9-12(8)4-2-6-14-9/h1,3,5H,2,4,6H2. The highest BCUT2D eigenvalue weighted by molar-refractivity contribution is 7.99. The van der Waals surface area contributed by atoms with Crippen molar-refractivity contribution in [1.82, 2.24) is 14.8 Å². The lowest BCUT2D eigenvalue weighted by Crippen LogP contribution is -2.07. The molecule has 3 rings (SSSR count). The van der Waals surface area contributed by atoms with Crippen molar-refractivity contribution in [3.05, 3.63) is 18.4 Å². The normalized spacial score (nSPS) is 15.4. The Morgan fingerprint density at radius 2 is 2.43 bits per heavy atom. The van der Waals surface area contributed by atoms with Crippen LogP contribution in [0.5, 0.6) is 0 Å². The summed E-state index contributed by atoms with van der Waals surface area (Å²) in [6, 6.07) is 3.78. The van der Waals surface area contributed by atoms with Crippen LogP contribution >= 0.6 is 11.8 Å². The van der Waals surface area contributed by atoms with Gasteiger partial charge < -0.3 is 4.42 Å². The lowest BCUT2D eigenvalue weighted by Gasteiger charge is -2.12. The van der Waals surface area contributed by atoms with Gasteiger partial charge in [-0.1, -0.05) is 11.8 Å². The van der Waals surface area contributed by atoms with Crippen LogP contribution in [0.25, 0.3) is 11.6 Å². The van der Waals surface area contributed by atoms with Gasteiger partial charge in [0, 0.05) is 12.3 Å². The number of nitrogens with zero attached hydrogens (tertiary/aromatic N) is 3. The molecule has 3 heterocycles. The van der Waals surface area contributed by atoms with Crippen LogP contribution < -0.4 is 0 Å². The van der Waals surface area contributed by atoms with Crippen LogP contribution in [0.2, 0.25) is 0 Å². The molecule has 1 aliphatic heterocycles. The summed E-state index contributed by atoms with van der Waals surface area (Å²) in [7, 11) is 0. The van der Waals surface area contributed by atoms with Crippen LogP contribution in [-0.4, -0.2) is 20.5 Å². The lowest BCUT2D eigenvalue weighted by molar-refractivity contribution is 0.556. The fourth-order valence-electron chi connectivity index (χ4n) is 1.57. The van der Waals surface area contributed by atoms with E-state index in [1.807, 2.05) is 12.1 Å². The van der Waals surface area contributed by atoms with Gasteiger partial charge in [-0.25, -0.2) is 0 Å². The second kappa shape index (κ2) is 3.16. The minimum absolute atomic E-state index is 0.797. The van der Waals surface area contributed by atoms with Crippen molar-refractivity contribution in [3.8, 4) is 11.6 Å². The average molecular weight is 207 g/mol. The van der Waals surface area contributed by atoms with Gasteiger partial charge in [-0.15, -0.1) is 10.2 Å². The number of furan rings is 1. The molecule has 4 nitrogen and oxygen atoms in total. The van der Waals surface area contributed by atoms with Crippen molar-refractivity contribution < 1.29 is 4.42 Å². The maximum absolute atomic E-state index is 5.31. The summed E-state index contributed by atoms with van der Waals surface area (Å²) in [4.78, 5) is 0. The molecule has 0 radical (unpaired) electrons. The van der Waals surface area contributed by atoms with Crippen LogP contribution in [0.4, 0.5) is 0 Å².